The van der Waals surface area contributed by atoms with Crippen molar-refractivity contribution in [1.29, 1.82) is 0 Å². The molecule has 6 rings (SSSR count). The van der Waals surface area contributed by atoms with Crippen molar-refractivity contribution in [3.63, 3.8) is 0 Å². The molecule has 0 radical (unpaired) electrons. The van der Waals surface area contributed by atoms with Gasteiger partial charge in [-0.3, -0.25) is 4.98 Å². The van der Waals surface area contributed by atoms with Crippen LogP contribution in [0.5, 0.6) is 0 Å². The van der Waals surface area contributed by atoms with Crippen LogP contribution in [0, 0.1) is 6.92 Å². The van der Waals surface area contributed by atoms with Crippen molar-refractivity contribution in [3.8, 4) is 0 Å². The molecule has 1 aliphatic carbocycles. The summed E-state index contributed by atoms with van der Waals surface area (Å²) in [6.07, 6.45) is 0.760. The highest BCUT2D eigenvalue weighted by Gasteiger charge is 2.43. The summed E-state index contributed by atoms with van der Waals surface area (Å²) in [5.74, 6) is 0.579. The maximum absolute atomic E-state index is 14.5. The van der Waals surface area contributed by atoms with Crippen LogP contribution in [-0.2, 0) is 15.6 Å². The quantitative estimate of drug-likeness (QED) is 0.539. The zero-order valence-electron chi connectivity index (χ0n) is 19.2. The monoisotopic (exact) mass is 467 g/mol. The number of hydrogen-bond donors (Lipinski definition) is 1. The van der Waals surface area contributed by atoms with Crippen LogP contribution in [0.3, 0.4) is 0 Å². The van der Waals surface area contributed by atoms with Gasteiger partial charge in [0.05, 0.1) is 66.1 Å². The Bertz CT molecular complexity index is 1220. The SMILES string of the molecule is Cc1nnc(N[C@H](C)c2cccc(C(F)(F)OC3CC3)c2)c2cc(N3C4COCC3C4)cnc12. The van der Waals surface area contributed by atoms with Gasteiger partial charge in [0.1, 0.15) is 0 Å². The Hall–Kier alpha value is -2.91. The van der Waals surface area contributed by atoms with E-state index in [2.05, 4.69) is 26.5 Å². The summed E-state index contributed by atoms with van der Waals surface area (Å²) in [4.78, 5) is 7.06. The highest BCUT2D eigenvalue weighted by Crippen LogP contribution is 2.39. The molecule has 1 aromatic carbocycles. The minimum Gasteiger partial charge on any atom is -0.377 e. The van der Waals surface area contributed by atoms with Crippen molar-refractivity contribution in [2.24, 2.45) is 0 Å². The van der Waals surface area contributed by atoms with E-state index >= 15 is 0 Å². The number of hydrogen-bond acceptors (Lipinski definition) is 7. The maximum atomic E-state index is 14.5. The average molecular weight is 468 g/mol. The van der Waals surface area contributed by atoms with Crippen LogP contribution in [0.25, 0.3) is 10.9 Å². The van der Waals surface area contributed by atoms with Gasteiger partial charge in [-0.2, -0.15) is 13.9 Å². The zero-order chi connectivity index (χ0) is 23.4. The molecule has 1 N–H and O–H groups in total. The second-order valence-corrected chi connectivity index (χ2v) is 9.54. The summed E-state index contributed by atoms with van der Waals surface area (Å²) in [5.41, 5.74) is 3.13. The number of halogens is 2. The van der Waals surface area contributed by atoms with Crippen molar-refractivity contribution in [1.82, 2.24) is 15.2 Å². The van der Waals surface area contributed by atoms with Crippen LogP contribution in [0.1, 0.15) is 49.0 Å². The number of anilines is 2. The molecular weight excluding hydrogens is 440 g/mol. The number of ether oxygens (including phenoxy) is 2. The molecule has 7 nitrogen and oxygen atoms in total. The van der Waals surface area contributed by atoms with Gasteiger partial charge in [0.25, 0.3) is 0 Å². The highest BCUT2D eigenvalue weighted by molar-refractivity contribution is 5.92. The highest BCUT2D eigenvalue weighted by atomic mass is 19.3. The molecule has 178 valence electrons. The van der Waals surface area contributed by atoms with Gasteiger partial charge in [0.2, 0.25) is 0 Å². The molecule has 2 bridgehead atoms. The number of aryl methyl sites for hydroxylation is 1. The first-order valence-electron chi connectivity index (χ1n) is 11.8. The van der Waals surface area contributed by atoms with Crippen molar-refractivity contribution < 1.29 is 18.3 Å². The number of aromatic nitrogens is 3. The number of benzene rings is 1. The Kier molecular flexibility index (Phi) is 5.14. The molecule has 2 aliphatic heterocycles. The third-order valence-electron chi connectivity index (χ3n) is 6.94. The molecule has 2 aromatic heterocycles. The van der Waals surface area contributed by atoms with Crippen LogP contribution in [0.2, 0.25) is 0 Å². The summed E-state index contributed by atoms with van der Waals surface area (Å²) in [5, 5.41) is 12.9. The van der Waals surface area contributed by atoms with Crippen LogP contribution in [-0.4, -0.2) is 46.6 Å². The lowest BCUT2D eigenvalue weighted by Crippen LogP contribution is -2.64. The average Bonchev–Trinajstić information content (AvgIpc) is 3.65. The molecule has 3 fully saturated rings. The fourth-order valence-corrected chi connectivity index (χ4v) is 4.90. The molecule has 3 aromatic rings. The molecule has 9 heteroatoms. The van der Waals surface area contributed by atoms with Crippen molar-refractivity contribution in [2.45, 2.75) is 63.4 Å². The summed E-state index contributed by atoms with van der Waals surface area (Å²) in [7, 11) is 0. The van der Waals surface area contributed by atoms with Gasteiger partial charge in [0.15, 0.2) is 5.82 Å². The Morgan fingerprint density at radius 2 is 1.97 bits per heavy atom. The molecule has 0 amide bonds. The van der Waals surface area contributed by atoms with Gasteiger partial charge in [-0.25, -0.2) is 0 Å². The van der Waals surface area contributed by atoms with Gasteiger partial charge in [-0.15, -0.1) is 5.10 Å². The predicted octanol–water partition coefficient (Wildman–Crippen LogP) is 4.71. The Morgan fingerprint density at radius 3 is 2.71 bits per heavy atom. The Balaban J connectivity index is 1.29. The van der Waals surface area contributed by atoms with Gasteiger partial charge < -0.3 is 19.7 Å². The molecule has 3 atom stereocenters. The van der Waals surface area contributed by atoms with E-state index in [0.717, 1.165) is 41.9 Å². The molecule has 0 spiro atoms. The smallest absolute Gasteiger partial charge is 0.377 e. The summed E-state index contributed by atoms with van der Waals surface area (Å²) >= 11 is 0. The first-order valence-corrected chi connectivity index (χ1v) is 11.8. The number of fused-ring (bicyclic) bond motifs is 3. The number of nitrogens with zero attached hydrogens (tertiary/aromatic N) is 4. The van der Waals surface area contributed by atoms with Crippen molar-refractivity contribution >= 4 is 22.4 Å². The van der Waals surface area contributed by atoms with Crippen LogP contribution < -0.4 is 10.2 Å². The first-order chi connectivity index (χ1) is 16.4. The summed E-state index contributed by atoms with van der Waals surface area (Å²) < 4.78 is 39.6. The number of pyridine rings is 1. The van der Waals surface area contributed by atoms with Crippen LogP contribution in [0.4, 0.5) is 20.3 Å². The molecule has 1 saturated carbocycles. The Labute approximate surface area is 196 Å². The second-order valence-electron chi connectivity index (χ2n) is 9.54. The van der Waals surface area contributed by atoms with E-state index in [-0.39, 0.29) is 17.7 Å². The number of nitrogens with one attached hydrogen (secondary N) is 1. The molecule has 3 aliphatic rings. The number of alkyl halides is 2. The van der Waals surface area contributed by atoms with Crippen molar-refractivity contribution in [2.75, 3.05) is 23.4 Å². The molecule has 2 saturated heterocycles. The normalized spacial score (nSPS) is 23.0. The molecule has 4 heterocycles. The second kappa shape index (κ2) is 8.09. The van der Waals surface area contributed by atoms with E-state index in [1.807, 2.05) is 26.1 Å². The fraction of sp³-hybridized carbons (Fsp3) is 0.480. The molecule has 2 unspecified atom stereocenters. The van der Waals surface area contributed by atoms with E-state index in [1.165, 1.54) is 12.1 Å². The van der Waals surface area contributed by atoms with Gasteiger partial charge in [-0.1, -0.05) is 18.2 Å². The minimum absolute atomic E-state index is 0.138. The van der Waals surface area contributed by atoms with Gasteiger partial charge in [-0.05, 0) is 50.8 Å². The van der Waals surface area contributed by atoms with Crippen LogP contribution in [0.15, 0.2) is 36.5 Å². The molecule has 34 heavy (non-hydrogen) atoms. The summed E-state index contributed by atoms with van der Waals surface area (Å²) in [6, 6.07) is 8.94. The van der Waals surface area contributed by atoms with E-state index in [1.54, 1.807) is 6.07 Å². The van der Waals surface area contributed by atoms with E-state index in [9.17, 15) is 8.78 Å². The van der Waals surface area contributed by atoms with Gasteiger partial charge in [0, 0.05) is 5.39 Å². The molecular formula is C25H27F2N5O2. The predicted molar refractivity (Wildman–Crippen MR) is 124 cm³/mol. The van der Waals surface area contributed by atoms with Gasteiger partial charge >= 0.3 is 6.11 Å². The van der Waals surface area contributed by atoms with E-state index in [4.69, 9.17) is 14.5 Å². The largest absolute Gasteiger partial charge is 0.383 e. The third kappa shape index (κ3) is 3.86. The summed E-state index contributed by atoms with van der Waals surface area (Å²) in [6.45, 7) is 5.26. The minimum atomic E-state index is -3.30. The lowest BCUT2D eigenvalue weighted by molar-refractivity contribution is -0.255. The zero-order valence-corrected chi connectivity index (χ0v) is 19.2. The standard InChI is InChI=1S/C25H27F2N5O2/c1-14(16-4-3-5-17(8-16)25(26,27)34-21-6-7-21)29-24-22-10-18(11-28-23(22)15(2)30-31-24)32-19-9-20(32)13-33-12-19/h3-5,8,10-11,14,19-21H,6-7,9,12-13H2,1-2H3,(H,29,31)/t14-,19?,20?/m1/s1. The fourth-order valence-electron chi connectivity index (χ4n) is 4.90. The number of morpholine rings is 1. The van der Waals surface area contributed by atoms with E-state index in [0.29, 0.717) is 36.3 Å². The van der Waals surface area contributed by atoms with E-state index < -0.39 is 6.11 Å². The topological polar surface area (TPSA) is 72.4 Å². The Morgan fingerprint density at radius 1 is 1.18 bits per heavy atom. The van der Waals surface area contributed by atoms with Crippen LogP contribution >= 0.6 is 0 Å². The lowest BCUT2D eigenvalue weighted by atomic mass is 9.90. The lowest BCUT2D eigenvalue weighted by Gasteiger charge is -2.53. The van der Waals surface area contributed by atoms with Crippen molar-refractivity contribution in [3.05, 3.63) is 53.3 Å². The maximum Gasteiger partial charge on any atom is 0.383 e. The number of rotatable bonds is 7. The first kappa shape index (κ1) is 21.6. The third-order valence-corrected chi connectivity index (χ3v) is 6.94.